The van der Waals surface area contributed by atoms with Gasteiger partial charge in [-0.2, -0.15) is 0 Å². The number of rotatable bonds is 6. The van der Waals surface area contributed by atoms with E-state index in [1.165, 1.54) is 44.1 Å². The van der Waals surface area contributed by atoms with Gasteiger partial charge in [-0.3, -0.25) is 0 Å². The normalized spacial score (nSPS) is 23.3. The van der Waals surface area contributed by atoms with Gasteiger partial charge < -0.3 is 10.1 Å². The lowest BCUT2D eigenvalue weighted by Crippen LogP contribution is -2.30. The summed E-state index contributed by atoms with van der Waals surface area (Å²) in [5.41, 5.74) is 1.42. The fourth-order valence-corrected chi connectivity index (χ4v) is 3.28. The lowest BCUT2D eigenvalue weighted by molar-refractivity contribution is 0.330. The lowest BCUT2D eigenvalue weighted by Gasteiger charge is -2.23. The van der Waals surface area contributed by atoms with Gasteiger partial charge >= 0.3 is 0 Å². The SMILES string of the molecule is CCCNC1CCCCC(c2ccccc2OCC)C1. The Balaban J connectivity index is 2.09. The minimum atomic E-state index is 0.648. The third kappa shape index (κ3) is 4.24. The van der Waals surface area contributed by atoms with Crippen LogP contribution in [0.5, 0.6) is 5.75 Å². The highest BCUT2D eigenvalue weighted by Crippen LogP contribution is 2.36. The summed E-state index contributed by atoms with van der Waals surface area (Å²) in [6, 6.07) is 9.29. The molecule has 112 valence electrons. The van der Waals surface area contributed by atoms with Crippen molar-refractivity contribution in [2.75, 3.05) is 13.2 Å². The first-order valence-corrected chi connectivity index (χ1v) is 8.30. The number of hydrogen-bond acceptors (Lipinski definition) is 2. The molecule has 2 rings (SSSR count). The summed E-state index contributed by atoms with van der Waals surface area (Å²) in [6.45, 7) is 6.20. The number of benzene rings is 1. The van der Waals surface area contributed by atoms with Crippen molar-refractivity contribution in [3.05, 3.63) is 29.8 Å². The Morgan fingerprint density at radius 3 is 2.75 bits per heavy atom. The van der Waals surface area contributed by atoms with Crippen LogP contribution in [0.3, 0.4) is 0 Å². The highest BCUT2D eigenvalue weighted by atomic mass is 16.5. The number of para-hydroxylation sites is 1. The molecule has 1 N–H and O–H groups in total. The second-order valence-electron chi connectivity index (χ2n) is 5.84. The maximum atomic E-state index is 5.83. The van der Waals surface area contributed by atoms with Crippen LogP contribution in [0.4, 0.5) is 0 Å². The molecule has 1 aliphatic carbocycles. The zero-order valence-corrected chi connectivity index (χ0v) is 13.0. The third-order valence-corrected chi connectivity index (χ3v) is 4.27. The molecule has 1 aromatic rings. The predicted octanol–water partition coefficient (Wildman–Crippen LogP) is 4.50. The number of ether oxygens (including phenoxy) is 1. The summed E-state index contributed by atoms with van der Waals surface area (Å²) in [6.07, 6.45) is 7.80. The van der Waals surface area contributed by atoms with E-state index in [4.69, 9.17) is 4.74 Å². The van der Waals surface area contributed by atoms with Crippen LogP contribution in [0.1, 0.15) is 63.9 Å². The molecular weight excluding hydrogens is 246 g/mol. The summed E-state index contributed by atoms with van der Waals surface area (Å²) in [4.78, 5) is 0. The Morgan fingerprint density at radius 2 is 1.95 bits per heavy atom. The molecule has 0 bridgehead atoms. The van der Waals surface area contributed by atoms with Crippen molar-refractivity contribution < 1.29 is 4.74 Å². The standard InChI is InChI=1S/C18H29NO/c1-3-13-19-16-10-6-5-9-15(14-16)17-11-7-8-12-18(17)20-4-2/h7-8,11-12,15-16,19H,3-6,9-10,13-14H2,1-2H3. The van der Waals surface area contributed by atoms with E-state index < -0.39 is 0 Å². The summed E-state index contributed by atoms with van der Waals surface area (Å²) in [5.74, 6) is 1.74. The van der Waals surface area contributed by atoms with Gasteiger partial charge in [0.25, 0.3) is 0 Å². The zero-order chi connectivity index (χ0) is 14.2. The van der Waals surface area contributed by atoms with Gasteiger partial charge in [0, 0.05) is 6.04 Å². The Labute approximate surface area is 123 Å². The van der Waals surface area contributed by atoms with Crippen molar-refractivity contribution in [2.45, 2.75) is 64.3 Å². The molecule has 0 aromatic heterocycles. The molecular formula is C18H29NO. The van der Waals surface area contributed by atoms with Crippen LogP contribution in [-0.2, 0) is 0 Å². The van der Waals surface area contributed by atoms with Crippen LogP contribution in [-0.4, -0.2) is 19.2 Å². The fourth-order valence-electron chi connectivity index (χ4n) is 3.28. The molecule has 2 atom stereocenters. The van der Waals surface area contributed by atoms with Gasteiger partial charge in [0.15, 0.2) is 0 Å². The van der Waals surface area contributed by atoms with E-state index in [9.17, 15) is 0 Å². The lowest BCUT2D eigenvalue weighted by atomic mass is 9.89. The topological polar surface area (TPSA) is 21.3 Å². The maximum absolute atomic E-state index is 5.83. The second-order valence-corrected chi connectivity index (χ2v) is 5.84. The van der Waals surface area contributed by atoms with Gasteiger partial charge in [-0.1, -0.05) is 38.0 Å². The van der Waals surface area contributed by atoms with E-state index in [-0.39, 0.29) is 0 Å². The van der Waals surface area contributed by atoms with Crippen LogP contribution < -0.4 is 10.1 Å². The first kappa shape index (κ1) is 15.4. The molecule has 2 heteroatoms. The first-order valence-electron chi connectivity index (χ1n) is 8.30. The molecule has 0 aliphatic heterocycles. The second kappa shape index (κ2) is 8.31. The van der Waals surface area contributed by atoms with Gasteiger partial charge in [0.05, 0.1) is 6.61 Å². The molecule has 0 heterocycles. The van der Waals surface area contributed by atoms with Crippen LogP contribution in [0, 0.1) is 0 Å². The van der Waals surface area contributed by atoms with Crippen molar-refractivity contribution in [3.8, 4) is 5.75 Å². The van der Waals surface area contributed by atoms with Crippen molar-refractivity contribution in [2.24, 2.45) is 0 Å². The van der Waals surface area contributed by atoms with Gasteiger partial charge in [-0.15, -0.1) is 0 Å². The van der Waals surface area contributed by atoms with E-state index in [0.717, 1.165) is 18.9 Å². The van der Waals surface area contributed by atoms with Gasteiger partial charge in [0.1, 0.15) is 5.75 Å². The molecule has 1 aliphatic rings. The Bertz CT molecular complexity index is 391. The minimum absolute atomic E-state index is 0.648. The largest absolute Gasteiger partial charge is 0.494 e. The Kier molecular flexibility index (Phi) is 6.38. The van der Waals surface area contributed by atoms with Crippen molar-refractivity contribution in [3.63, 3.8) is 0 Å². The summed E-state index contributed by atoms with van der Waals surface area (Å²) >= 11 is 0. The van der Waals surface area contributed by atoms with E-state index >= 15 is 0 Å². The van der Waals surface area contributed by atoms with Crippen molar-refractivity contribution in [1.82, 2.24) is 5.32 Å². The maximum Gasteiger partial charge on any atom is 0.122 e. The van der Waals surface area contributed by atoms with Gasteiger partial charge in [-0.05, 0) is 56.7 Å². The average molecular weight is 275 g/mol. The molecule has 0 spiro atoms. The van der Waals surface area contributed by atoms with Gasteiger partial charge in [-0.25, -0.2) is 0 Å². The quantitative estimate of drug-likeness (QED) is 0.772. The zero-order valence-electron chi connectivity index (χ0n) is 13.0. The summed E-state index contributed by atoms with van der Waals surface area (Å²) < 4.78 is 5.83. The van der Waals surface area contributed by atoms with E-state index in [1.807, 2.05) is 0 Å². The molecule has 2 unspecified atom stereocenters. The average Bonchev–Trinajstić information content (AvgIpc) is 2.71. The molecule has 0 amide bonds. The number of hydrogen-bond donors (Lipinski definition) is 1. The molecule has 0 radical (unpaired) electrons. The van der Waals surface area contributed by atoms with Crippen molar-refractivity contribution >= 4 is 0 Å². The first-order chi connectivity index (χ1) is 9.85. The fraction of sp³-hybridized carbons (Fsp3) is 0.667. The molecule has 1 saturated carbocycles. The van der Waals surface area contributed by atoms with E-state index in [1.54, 1.807) is 0 Å². The molecule has 2 nitrogen and oxygen atoms in total. The molecule has 1 fully saturated rings. The van der Waals surface area contributed by atoms with Gasteiger partial charge in [0.2, 0.25) is 0 Å². The van der Waals surface area contributed by atoms with Crippen molar-refractivity contribution in [1.29, 1.82) is 0 Å². The van der Waals surface area contributed by atoms with Crippen LogP contribution >= 0.6 is 0 Å². The summed E-state index contributed by atoms with van der Waals surface area (Å²) in [7, 11) is 0. The smallest absolute Gasteiger partial charge is 0.122 e. The monoisotopic (exact) mass is 275 g/mol. The predicted molar refractivity (Wildman–Crippen MR) is 85.5 cm³/mol. The minimum Gasteiger partial charge on any atom is -0.494 e. The Morgan fingerprint density at radius 1 is 1.15 bits per heavy atom. The van der Waals surface area contributed by atoms with E-state index in [0.29, 0.717) is 12.0 Å². The molecule has 1 aromatic carbocycles. The highest BCUT2D eigenvalue weighted by molar-refractivity contribution is 5.36. The molecule has 20 heavy (non-hydrogen) atoms. The van der Waals surface area contributed by atoms with Crippen LogP contribution in [0.15, 0.2) is 24.3 Å². The highest BCUT2D eigenvalue weighted by Gasteiger charge is 2.23. The van der Waals surface area contributed by atoms with Crippen LogP contribution in [0.2, 0.25) is 0 Å². The Hall–Kier alpha value is -1.02. The van der Waals surface area contributed by atoms with Crippen LogP contribution in [0.25, 0.3) is 0 Å². The summed E-state index contributed by atoms with van der Waals surface area (Å²) in [5, 5.41) is 3.72. The molecule has 0 saturated heterocycles. The van der Waals surface area contributed by atoms with E-state index in [2.05, 4.69) is 43.4 Å². The number of nitrogens with one attached hydrogen (secondary N) is 1. The third-order valence-electron chi connectivity index (χ3n) is 4.27.